The number of benzene rings is 2. The van der Waals surface area contributed by atoms with Gasteiger partial charge in [0.1, 0.15) is 5.75 Å². The van der Waals surface area contributed by atoms with E-state index in [0.717, 1.165) is 16.9 Å². The molecule has 3 N–H and O–H groups in total. The van der Waals surface area contributed by atoms with Gasteiger partial charge in [0.15, 0.2) is 0 Å². The topological polar surface area (TPSA) is 79.8 Å². The Kier molecular flexibility index (Phi) is 9.15. The van der Waals surface area contributed by atoms with Crippen molar-refractivity contribution >= 4 is 6.09 Å². The summed E-state index contributed by atoms with van der Waals surface area (Å²) in [6.45, 7) is 7.22. The molecule has 30 heavy (non-hydrogen) atoms. The molecule has 0 saturated carbocycles. The molecule has 0 bridgehead atoms. The van der Waals surface area contributed by atoms with Crippen LogP contribution in [-0.2, 0) is 17.7 Å². The summed E-state index contributed by atoms with van der Waals surface area (Å²) in [6, 6.07) is 17.1. The third-order valence-corrected chi connectivity index (χ3v) is 4.52. The van der Waals surface area contributed by atoms with Crippen LogP contribution in [0.3, 0.4) is 0 Å². The Morgan fingerprint density at radius 3 is 2.43 bits per heavy atom. The molecule has 2 aromatic rings. The summed E-state index contributed by atoms with van der Waals surface area (Å²) >= 11 is 0. The summed E-state index contributed by atoms with van der Waals surface area (Å²) in [7, 11) is 1.63. The molecule has 0 radical (unpaired) electrons. The van der Waals surface area contributed by atoms with E-state index in [2.05, 4.69) is 10.6 Å². The normalized spacial score (nSPS) is 13.4. The number of ether oxygens (including phenoxy) is 2. The summed E-state index contributed by atoms with van der Waals surface area (Å²) in [6.07, 6.45) is -0.788. The standard InChI is InChI=1S/C24H34N2O4/c1-24(2,3)17-30-23(28)26-21(14-18-9-6-5-7-10-18)22(27)16-25-15-19-11-8-12-20(13-19)29-4/h5-13,21-22,25,27H,14-17H2,1-4H3,(H,26,28)/t21-,22+/m0/s1. The Morgan fingerprint density at radius 2 is 1.77 bits per heavy atom. The van der Waals surface area contributed by atoms with E-state index in [4.69, 9.17) is 9.47 Å². The van der Waals surface area contributed by atoms with E-state index in [1.807, 2.05) is 75.4 Å². The molecule has 0 aliphatic heterocycles. The molecule has 0 spiro atoms. The Hall–Kier alpha value is -2.57. The zero-order valence-electron chi connectivity index (χ0n) is 18.4. The van der Waals surface area contributed by atoms with Gasteiger partial charge in [-0.25, -0.2) is 4.79 Å². The quantitative estimate of drug-likeness (QED) is 0.554. The van der Waals surface area contributed by atoms with Crippen molar-refractivity contribution < 1.29 is 19.4 Å². The number of alkyl carbamates (subject to hydrolysis) is 1. The van der Waals surface area contributed by atoms with Gasteiger partial charge in [-0.1, -0.05) is 63.2 Å². The number of rotatable bonds is 10. The highest BCUT2D eigenvalue weighted by molar-refractivity contribution is 5.67. The zero-order chi connectivity index (χ0) is 22.0. The van der Waals surface area contributed by atoms with Crippen LogP contribution in [0.4, 0.5) is 4.79 Å². The van der Waals surface area contributed by atoms with Crippen molar-refractivity contribution in [1.82, 2.24) is 10.6 Å². The van der Waals surface area contributed by atoms with Crippen LogP contribution in [0.5, 0.6) is 5.75 Å². The number of aliphatic hydroxyl groups is 1. The maximum absolute atomic E-state index is 12.3. The lowest BCUT2D eigenvalue weighted by atomic mass is 9.99. The number of carbonyl (C=O) groups is 1. The number of methoxy groups -OCH3 is 1. The number of hydrogen-bond donors (Lipinski definition) is 3. The molecular weight excluding hydrogens is 380 g/mol. The van der Waals surface area contributed by atoms with Gasteiger partial charge in [0.25, 0.3) is 0 Å². The monoisotopic (exact) mass is 414 g/mol. The minimum Gasteiger partial charge on any atom is -0.497 e. The Morgan fingerprint density at radius 1 is 1.07 bits per heavy atom. The van der Waals surface area contributed by atoms with Crippen molar-refractivity contribution in [3.8, 4) is 5.75 Å². The molecule has 164 valence electrons. The van der Waals surface area contributed by atoms with Crippen LogP contribution in [0.1, 0.15) is 31.9 Å². The maximum atomic E-state index is 12.3. The minimum absolute atomic E-state index is 0.122. The molecule has 6 nitrogen and oxygen atoms in total. The Labute approximate surface area is 179 Å². The van der Waals surface area contributed by atoms with Crippen LogP contribution < -0.4 is 15.4 Å². The highest BCUT2D eigenvalue weighted by atomic mass is 16.5. The van der Waals surface area contributed by atoms with Crippen molar-refractivity contribution in [3.63, 3.8) is 0 Å². The third-order valence-electron chi connectivity index (χ3n) is 4.52. The van der Waals surface area contributed by atoms with Gasteiger partial charge in [0, 0.05) is 13.1 Å². The first-order chi connectivity index (χ1) is 14.3. The van der Waals surface area contributed by atoms with Gasteiger partial charge in [0.05, 0.1) is 25.9 Å². The fraction of sp³-hybridized carbons (Fsp3) is 0.458. The molecule has 0 aromatic heterocycles. The first-order valence-electron chi connectivity index (χ1n) is 10.3. The van der Waals surface area contributed by atoms with E-state index in [1.54, 1.807) is 7.11 Å². The van der Waals surface area contributed by atoms with E-state index in [0.29, 0.717) is 26.1 Å². The molecule has 2 atom stereocenters. The van der Waals surface area contributed by atoms with Crippen LogP contribution in [0.25, 0.3) is 0 Å². The number of aliphatic hydroxyl groups excluding tert-OH is 1. The lowest BCUT2D eigenvalue weighted by Gasteiger charge is -2.26. The predicted molar refractivity (Wildman–Crippen MR) is 119 cm³/mol. The smallest absolute Gasteiger partial charge is 0.407 e. The predicted octanol–water partition coefficient (Wildman–Crippen LogP) is 3.53. The van der Waals surface area contributed by atoms with Gasteiger partial charge in [-0.05, 0) is 35.1 Å². The summed E-state index contributed by atoms with van der Waals surface area (Å²) < 4.78 is 10.6. The molecule has 0 fully saturated rings. The van der Waals surface area contributed by atoms with Crippen LogP contribution in [-0.4, -0.2) is 43.6 Å². The van der Waals surface area contributed by atoms with Crippen molar-refractivity contribution in [2.24, 2.45) is 5.41 Å². The van der Waals surface area contributed by atoms with Crippen molar-refractivity contribution in [1.29, 1.82) is 0 Å². The minimum atomic E-state index is -0.780. The SMILES string of the molecule is COc1cccc(CNC[C@@H](O)[C@H](Cc2ccccc2)NC(=O)OCC(C)(C)C)c1. The molecule has 0 unspecified atom stereocenters. The molecule has 0 saturated heterocycles. The second kappa shape index (κ2) is 11.6. The summed E-state index contributed by atoms with van der Waals surface area (Å²) in [5.41, 5.74) is 1.97. The van der Waals surface area contributed by atoms with Gasteiger partial charge in [0.2, 0.25) is 0 Å². The molecule has 2 rings (SSSR count). The average molecular weight is 415 g/mol. The first kappa shape index (κ1) is 23.7. The van der Waals surface area contributed by atoms with Gasteiger partial charge in [-0.2, -0.15) is 0 Å². The van der Waals surface area contributed by atoms with Gasteiger partial charge in [-0.15, -0.1) is 0 Å². The van der Waals surface area contributed by atoms with E-state index in [1.165, 1.54) is 0 Å². The third kappa shape index (κ3) is 8.84. The van der Waals surface area contributed by atoms with Crippen LogP contribution in [0.2, 0.25) is 0 Å². The maximum Gasteiger partial charge on any atom is 0.407 e. The number of nitrogens with one attached hydrogen (secondary N) is 2. The fourth-order valence-electron chi connectivity index (χ4n) is 2.92. The van der Waals surface area contributed by atoms with E-state index >= 15 is 0 Å². The molecule has 0 aliphatic carbocycles. The number of hydrogen-bond acceptors (Lipinski definition) is 5. The van der Waals surface area contributed by atoms with Crippen molar-refractivity contribution in [2.45, 2.75) is 45.9 Å². The summed E-state index contributed by atoms with van der Waals surface area (Å²) in [5.74, 6) is 0.792. The zero-order valence-corrected chi connectivity index (χ0v) is 18.4. The van der Waals surface area contributed by atoms with Gasteiger partial charge < -0.3 is 25.2 Å². The lowest BCUT2D eigenvalue weighted by Crippen LogP contribution is -2.49. The number of amides is 1. The largest absolute Gasteiger partial charge is 0.497 e. The van der Waals surface area contributed by atoms with Crippen LogP contribution in [0, 0.1) is 5.41 Å². The Bertz CT molecular complexity index is 774. The molecular formula is C24H34N2O4. The van der Waals surface area contributed by atoms with E-state index in [-0.39, 0.29) is 5.41 Å². The summed E-state index contributed by atoms with van der Waals surface area (Å²) in [5, 5.41) is 16.9. The molecule has 2 aromatic carbocycles. The first-order valence-corrected chi connectivity index (χ1v) is 10.3. The molecule has 0 heterocycles. The van der Waals surface area contributed by atoms with Crippen molar-refractivity contribution in [2.75, 3.05) is 20.3 Å². The van der Waals surface area contributed by atoms with Gasteiger partial charge in [-0.3, -0.25) is 0 Å². The highest BCUT2D eigenvalue weighted by Crippen LogP contribution is 2.14. The Balaban J connectivity index is 1.94. The second-order valence-corrected chi connectivity index (χ2v) is 8.63. The van der Waals surface area contributed by atoms with Gasteiger partial charge >= 0.3 is 6.09 Å². The van der Waals surface area contributed by atoms with Crippen molar-refractivity contribution in [3.05, 3.63) is 65.7 Å². The van der Waals surface area contributed by atoms with Crippen LogP contribution >= 0.6 is 0 Å². The molecule has 1 amide bonds. The highest BCUT2D eigenvalue weighted by Gasteiger charge is 2.23. The lowest BCUT2D eigenvalue weighted by molar-refractivity contribution is 0.0843. The second-order valence-electron chi connectivity index (χ2n) is 8.63. The van der Waals surface area contributed by atoms with E-state index in [9.17, 15) is 9.90 Å². The summed E-state index contributed by atoms with van der Waals surface area (Å²) in [4.78, 5) is 12.3. The van der Waals surface area contributed by atoms with Crippen LogP contribution in [0.15, 0.2) is 54.6 Å². The average Bonchev–Trinajstić information content (AvgIpc) is 2.72. The fourth-order valence-corrected chi connectivity index (χ4v) is 2.92. The number of carbonyl (C=O) groups excluding carboxylic acids is 1. The van der Waals surface area contributed by atoms with E-state index < -0.39 is 18.2 Å². The molecule has 6 heteroatoms. The molecule has 0 aliphatic rings.